The number of carboxylic acid groups (broad SMARTS) is 1. The van der Waals surface area contributed by atoms with Crippen LogP contribution in [0.1, 0.15) is 33.1 Å². The van der Waals surface area contributed by atoms with E-state index in [0.717, 1.165) is 31.6 Å². The number of nitrogens with zero attached hydrogens (tertiary/aromatic N) is 1. The molecule has 5 heteroatoms. The van der Waals surface area contributed by atoms with E-state index in [4.69, 9.17) is 5.11 Å². The van der Waals surface area contributed by atoms with Crippen molar-refractivity contribution >= 4 is 11.9 Å². The van der Waals surface area contributed by atoms with Crippen LogP contribution >= 0.6 is 0 Å². The summed E-state index contributed by atoms with van der Waals surface area (Å²) in [5, 5.41) is 8.91. The van der Waals surface area contributed by atoms with Gasteiger partial charge in [-0.1, -0.05) is 0 Å². The molecule has 86 valence electrons. The molecule has 1 N–H and O–H groups in total. The molecule has 1 aliphatic rings. The molecular formula is C10H16FNO3. The van der Waals surface area contributed by atoms with Crippen molar-refractivity contribution in [3.8, 4) is 0 Å². The molecule has 0 aromatic carbocycles. The van der Waals surface area contributed by atoms with Crippen LogP contribution < -0.4 is 0 Å². The van der Waals surface area contributed by atoms with Crippen molar-refractivity contribution in [1.29, 1.82) is 0 Å². The Morgan fingerprint density at radius 3 is 2.47 bits per heavy atom. The van der Waals surface area contributed by atoms with Gasteiger partial charge in [-0.2, -0.15) is 0 Å². The fourth-order valence-corrected chi connectivity index (χ4v) is 1.77. The Bertz CT molecular complexity index is 272. The number of hydrogen-bond acceptors (Lipinski definition) is 2. The van der Waals surface area contributed by atoms with Crippen molar-refractivity contribution in [2.75, 3.05) is 6.54 Å². The first-order chi connectivity index (χ1) is 6.84. The molecule has 0 aliphatic carbocycles. The molecule has 0 aromatic heterocycles. The highest BCUT2D eigenvalue weighted by molar-refractivity contribution is 5.88. The van der Waals surface area contributed by atoms with Crippen molar-refractivity contribution < 1.29 is 19.1 Å². The lowest BCUT2D eigenvalue weighted by molar-refractivity contribution is -0.157. The lowest BCUT2D eigenvalue weighted by atomic mass is 9.99. The highest BCUT2D eigenvalue weighted by Crippen LogP contribution is 2.22. The minimum atomic E-state index is -2.00. The van der Waals surface area contributed by atoms with Crippen LogP contribution in [0, 0.1) is 0 Å². The number of likely N-dealkylation sites (tertiary alicyclic amines) is 1. The van der Waals surface area contributed by atoms with Crippen LogP contribution in [-0.2, 0) is 9.59 Å². The van der Waals surface area contributed by atoms with Crippen LogP contribution in [0.25, 0.3) is 0 Å². The summed E-state index contributed by atoms with van der Waals surface area (Å²) >= 11 is 0. The number of aliphatic carboxylic acids is 1. The molecule has 1 heterocycles. The molecule has 1 amide bonds. The minimum absolute atomic E-state index is 0.336. The molecule has 0 bridgehead atoms. The Labute approximate surface area is 88.1 Å². The molecule has 0 aromatic rings. The van der Waals surface area contributed by atoms with Gasteiger partial charge in [0.2, 0.25) is 0 Å². The average Bonchev–Trinajstić information content (AvgIpc) is 2.15. The Hall–Kier alpha value is -1.13. The number of halogens is 1. The second-order valence-corrected chi connectivity index (χ2v) is 4.32. The van der Waals surface area contributed by atoms with Crippen LogP contribution in [-0.4, -0.2) is 40.1 Å². The summed E-state index contributed by atoms with van der Waals surface area (Å²) in [6.07, 6.45) is 1.93. The Morgan fingerprint density at radius 2 is 2.00 bits per heavy atom. The molecule has 0 saturated carbocycles. The van der Waals surface area contributed by atoms with Crippen LogP contribution in [0.3, 0.4) is 0 Å². The molecule has 0 radical (unpaired) electrons. The highest BCUT2D eigenvalue weighted by atomic mass is 19.1. The third kappa shape index (κ3) is 2.67. The van der Waals surface area contributed by atoms with Crippen molar-refractivity contribution in [2.24, 2.45) is 0 Å². The van der Waals surface area contributed by atoms with Gasteiger partial charge in [-0.15, -0.1) is 0 Å². The van der Waals surface area contributed by atoms with Gasteiger partial charge in [-0.05, 0) is 33.1 Å². The second kappa shape index (κ2) is 4.16. The van der Waals surface area contributed by atoms with Gasteiger partial charge >= 0.3 is 5.97 Å². The largest absolute Gasteiger partial charge is 0.480 e. The van der Waals surface area contributed by atoms with Crippen molar-refractivity contribution in [2.45, 2.75) is 44.8 Å². The maximum absolute atomic E-state index is 13.4. The fourth-order valence-electron chi connectivity index (χ4n) is 1.77. The first-order valence-corrected chi connectivity index (χ1v) is 5.07. The topological polar surface area (TPSA) is 57.6 Å². The number of carboxylic acids is 1. The number of amides is 1. The monoisotopic (exact) mass is 217 g/mol. The normalized spacial score (nSPS) is 22.6. The molecule has 0 spiro atoms. The summed E-state index contributed by atoms with van der Waals surface area (Å²) in [5.41, 5.74) is -2.00. The van der Waals surface area contributed by atoms with Gasteiger partial charge in [0.25, 0.3) is 5.91 Å². The van der Waals surface area contributed by atoms with E-state index in [1.165, 1.54) is 0 Å². The van der Waals surface area contributed by atoms with Crippen LogP contribution in [0.15, 0.2) is 0 Å². The zero-order valence-electron chi connectivity index (χ0n) is 8.99. The van der Waals surface area contributed by atoms with Gasteiger partial charge in [0.15, 0.2) is 5.67 Å². The number of piperidine rings is 1. The molecule has 1 fully saturated rings. The van der Waals surface area contributed by atoms with Crippen LogP contribution in [0.2, 0.25) is 0 Å². The minimum Gasteiger partial charge on any atom is -0.480 e. The number of rotatable bonds is 2. The lowest BCUT2D eigenvalue weighted by Crippen LogP contribution is -2.53. The molecular weight excluding hydrogens is 201 g/mol. The van der Waals surface area contributed by atoms with Gasteiger partial charge < -0.3 is 10.0 Å². The molecule has 1 saturated heterocycles. The van der Waals surface area contributed by atoms with E-state index < -0.39 is 23.6 Å². The summed E-state index contributed by atoms with van der Waals surface area (Å²) in [4.78, 5) is 23.6. The van der Waals surface area contributed by atoms with Crippen LogP contribution in [0.5, 0.6) is 0 Å². The third-order valence-electron chi connectivity index (χ3n) is 2.56. The lowest BCUT2D eigenvalue weighted by Gasteiger charge is -2.35. The van der Waals surface area contributed by atoms with E-state index in [1.807, 2.05) is 0 Å². The standard InChI is InChI=1S/C10H16FNO3/c1-10(2,11)9(15)12-6-4-3-5-7(12)8(13)14/h7H,3-6H2,1-2H3,(H,13,14). The van der Waals surface area contributed by atoms with E-state index >= 15 is 0 Å². The number of carbonyl (C=O) groups is 2. The maximum Gasteiger partial charge on any atom is 0.326 e. The summed E-state index contributed by atoms with van der Waals surface area (Å²) < 4.78 is 13.4. The Morgan fingerprint density at radius 1 is 1.40 bits per heavy atom. The SMILES string of the molecule is CC(C)(F)C(=O)N1CCCCC1C(=O)O. The Kier molecular flexibility index (Phi) is 3.31. The van der Waals surface area contributed by atoms with Gasteiger partial charge in [0.1, 0.15) is 6.04 Å². The number of hydrogen-bond donors (Lipinski definition) is 1. The summed E-state index contributed by atoms with van der Waals surface area (Å²) in [7, 11) is 0. The van der Waals surface area contributed by atoms with Gasteiger partial charge in [0.05, 0.1) is 0 Å². The zero-order chi connectivity index (χ0) is 11.6. The Balaban J connectivity index is 2.81. The van der Waals surface area contributed by atoms with Crippen molar-refractivity contribution in [3.05, 3.63) is 0 Å². The zero-order valence-corrected chi connectivity index (χ0v) is 8.99. The first-order valence-electron chi connectivity index (χ1n) is 5.07. The van der Waals surface area contributed by atoms with Gasteiger partial charge in [-0.3, -0.25) is 4.79 Å². The fraction of sp³-hybridized carbons (Fsp3) is 0.800. The third-order valence-corrected chi connectivity index (χ3v) is 2.56. The van der Waals surface area contributed by atoms with E-state index in [9.17, 15) is 14.0 Å². The molecule has 1 aliphatic heterocycles. The maximum atomic E-state index is 13.4. The molecule has 1 unspecified atom stereocenters. The average molecular weight is 217 g/mol. The smallest absolute Gasteiger partial charge is 0.326 e. The molecule has 4 nitrogen and oxygen atoms in total. The van der Waals surface area contributed by atoms with Crippen molar-refractivity contribution in [1.82, 2.24) is 4.90 Å². The number of carbonyl (C=O) groups excluding carboxylic acids is 1. The van der Waals surface area contributed by atoms with E-state index in [1.54, 1.807) is 0 Å². The van der Waals surface area contributed by atoms with Crippen molar-refractivity contribution in [3.63, 3.8) is 0 Å². The summed E-state index contributed by atoms with van der Waals surface area (Å²) in [5.74, 6) is -1.78. The highest BCUT2D eigenvalue weighted by Gasteiger charge is 2.39. The first kappa shape index (κ1) is 11.9. The summed E-state index contributed by atoms with van der Waals surface area (Å²) in [6.45, 7) is 2.65. The van der Waals surface area contributed by atoms with Gasteiger partial charge in [-0.25, -0.2) is 9.18 Å². The van der Waals surface area contributed by atoms with Crippen LogP contribution in [0.4, 0.5) is 4.39 Å². The molecule has 15 heavy (non-hydrogen) atoms. The quantitative estimate of drug-likeness (QED) is 0.756. The predicted octanol–water partition coefficient (Wildman–Crippen LogP) is 1.20. The van der Waals surface area contributed by atoms with E-state index in [-0.39, 0.29) is 0 Å². The van der Waals surface area contributed by atoms with Gasteiger partial charge in [0, 0.05) is 6.54 Å². The number of alkyl halides is 1. The molecule has 1 rings (SSSR count). The summed E-state index contributed by atoms with van der Waals surface area (Å²) in [6, 6.07) is -0.860. The van der Waals surface area contributed by atoms with E-state index in [2.05, 4.69) is 0 Å². The molecule has 1 atom stereocenters. The predicted molar refractivity (Wildman–Crippen MR) is 52.2 cm³/mol. The van der Waals surface area contributed by atoms with E-state index in [0.29, 0.717) is 13.0 Å². The second-order valence-electron chi connectivity index (χ2n) is 4.32.